The highest BCUT2D eigenvalue weighted by molar-refractivity contribution is 5.69. The van der Waals surface area contributed by atoms with Gasteiger partial charge in [0.25, 0.3) is 0 Å². The van der Waals surface area contributed by atoms with Crippen LogP contribution < -0.4 is 4.74 Å². The molecule has 0 spiro atoms. The first kappa shape index (κ1) is 20.9. The molecule has 0 saturated heterocycles. The lowest BCUT2D eigenvalue weighted by atomic mass is 9.98. The average Bonchev–Trinajstić information content (AvgIpc) is 2.67. The first-order chi connectivity index (χ1) is 13.1. The fourth-order valence-electron chi connectivity index (χ4n) is 3.08. The molecule has 0 amide bonds. The second-order valence-electron chi connectivity index (χ2n) is 6.96. The number of carboxylic acid groups (broad SMARTS) is 1. The van der Waals surface area contributed by atoms with Gasteiger partial charge in [-0.15, -0.1) is 0 Å². The van der Waals surface area contributed by atoms with Crippen molar-refractivity contribution in [3.63, 3.8) is 0 Å². The van der Waals surface area contributed by atoms with Gasteiger partial charge in [-0.05, 0) is 61.1 Å². The minimum absolute atomic E-state index is 0.188. The predicted octanol–water partition coefficient (Wildman–Crippen LogP) is 6.01. The topological polar surface area (TPSA) is 46.5 Å². The molecule has 0 aromatic heterocycles. The lowest BCUT2D eigenvalue weighted by Crippen LogP contribution is -2.12. The average molecular weight is 372 g/mol. The van der Waals surface area contributed by atoms with Crippen molar-refractivity contribution >= 4 is 5.97 Å². The van der Waals surface area contributed by atoms with Crippen molar-refractivity contribution in [3.8, 4) is 5.75 Å². The fourth-order valence-corrected chi connectivity index (χ4v) is 3.08. The summed E-state index contributed by atoms with van der Waals surface area (Å²) in [4.78, 5) is 11.0. The molecule has 0 aliphatic rings. The predicted molar refractivity (Wildman–Crippen MR) is 105 cm³/mol. The van der Waals surface area contributed by atoms with Gasteiger partial charge in [0.2, 0.25) is 0 Å². The summed E-state index contributed by atoms with van der Waals surface area (Å²) in [6.07, 6.45) is 6.83. The van der Waals surface area contributed by atoms with Crippen LogP contribution in [0.1, 0.15) is 56.6 Å². The molecule has 1 atom stereocenters. The number of benzene rings is 2. The number of carboxylic acids is 1. The molecule has 2 aromatic rings. The summed E-state index contributed by atoms with van der Waals surface area (Å²) in [6.45, 7) is 2.36. The van der Waals surface area contributed by atoms with Crippen LogP contribution in [0.25, 0.3) is 0 Å². The van der Waals surface area contributed by atoms with Crippen LogP contribution in [0.5, 0.6) is 5.75 Å². The van der Waals surface area contributed by atoms with Crippen LogP contribution in [0.15, 0.2) is 48.5 Å². The van der Waals surface area contributed by atoms with E-state index in [4.69, 9.17) is 9.84 Å². The van der Waals surface area contributed by atoms with Crippen molar-refractivity contribution in [1.29, 1.82) is 0 Å². The molecule has 2 aromatic carbocycles. The van der Waals surface area contributed by atoms with Gasteiger partial charge in [0, 0.05) is 0 Å². The number of rotatable bonds is 12. The Morgan fingerprint density at radius 1 is 0.963 bits per heavy atom. The van der Waals surface area contributed by atoms with Gasteiger partial charge < -0.3 is 9.84 Å². The molecule has 4 heteroatoms. The molecule has 27 heavy (non-hydrogen) atoms. The zero-order valence-electron chi connectivity index (χ0n) is 16.0. The second-order valence-corrected chi connectivity index (χ2v) is 6.96. The van der Waals surface area contributed by atoms with Crippen LogP contribution in [0.4, 0.5) is 4.39 Å². The van der Waals surface area contributed by atoms with E-state index in [1.54, 1.807) is 12.1 Å². The highest BCUT2D eigenvalue weighted by Gasteiger charge is 2.13. The number of aliphatic carboxylic acids is 1. The molecular weight excluding hydrogens is 343 g/mol. The molecule has 0 bridgehead atoms. The highest BCUT2D eigenvalue weighted by Crippen LogP contribution is 2.18. The van der Waals surface area contributed by atoms with Crippen LogP contribution in [0, 0.1) is 11.7 Å². The lowest BCUT2D eigenvalue weighted by molar-refractivity contribution is -0.142. The van der Waals surface area contributed by atoms with Gasteiger partial charge in [-0.25, -0.2) is 4.39 Å². The van der Waals surface area contributed by atoms with Crippen LogP contribution >= 0.6 is 0 Å². The summed E-state index contributed by atoms with van der Waals surface area (Å²) in [6, 6.07) is 14.4. The van der Waals surface area contributed by atoms with E-state index in [1.807, 2.05) is 19.1 Å². The Kier molecular flexibility index (Phi) is 8.82. The Bertz CT molecular complexity index is 680. The van der Waals surface area contributed by atoms with Gasteiger partial charge in [0.05, 0.1) is 5.92 Å². The lowest BCUT2D eigenvalue weighted by Gasteiger charge is -2.09. The standard InChI is InChI=1S/C23H29FO3/c1-2-20(23(25)26)8-6-4-3-5-7-18-11-15-22(16-12-18)27-17-19-9-13-21(24)14-10-19/h9-16,20H,2-8,17H2,1H3,(H,25,26). The number of aryl methyl sites for hydroxylation is 1. The van der Waals surface area contributed by atoms with Gasteiger partial charge in [-0.2, -0.15) is 0 Å². The first-order valence-electron chi connectivity index (χ1n) is 9.77. The van der Waals surface area contributed by atoms with Crippen molar-refractivity contribution in [2.45, 2.75) is 58.5 Å². The number of carbonyl (C=O) groups is 1. The third-order valence-electron chi connectivity index (χ3n) is 4.85. The van der Waals surface area contributed by atoms with E-state index in [9.17, 15) is 9.18 Å². The number of unbranched alkanes of at least 4 members (excludes halogenated alkanes) is 3. The van der Waals surface area contributed by atoms with Crippen LogP contribution in [-0.4, -0.2) is 11.1 Å². The van der Waals surface area contributed by atoms with Crippen molar-refractivity contribution < 1.29 is 19.0 Å². The van der Waals surface area contributed by atoms with Crippen molar-refractivity contribution in [2.75, 3.05) is 0 Å². The van der Waals surface area contributed by atoms with Gasteiger partial charge in [0.15, 0.2) is 0 Å². The Hall–Kier alpha value is -2.36. The SMILES string of the molecule is CCC(CCCCCCc1ccc(OCc2ccc(F)cc2)cc1)C(=O)O. The third-order valence-corrected chi connectivity index (χ3v) is 4.85. The number of ether oxygens (including phenoxy) is 1. The Labute approximate surface area is 161 Å². The van der Waals surface area contributed by atoms with Crippen LogP contribution in [0.3, 0.4) is 0 Å². The van der Waals surface area contributed by atoms with E-state index in [2.05, 4.69) is 12.1 Å². The summed E-state index contributed by atoms with van der Waals surface area (Å²) in [7, 11) is 0. The number of hydrogen-bond donors (Lipinski definition) is 1. The summed E-state index contributed by atoms with van der Waals surface area (Å²) in [5.74, 6) is -0.288. The number of hydrogen-bond acceptors (Lipinski definition) is 2. The molecule has 0 aliphatic heterocycles. The smallest absolute Gasteiger partial charge is 0.306 e. The van der Waals surface area contributed by atoms with E-state index < -0.39 is 5.97 Å². The molecule has 3 nitrogen and oxygen atoms in total. The molecule has 0 saturated carbocycles. The minimum atomic E-state index is -0.667. The monoisotopic (exact) mass is 372 g/mol. The maximum absolute atomic E-state index is 12.9. The van der Waals surface area contributed by atoms with E-state index in [0.29, 0.717) is 13.0 Å². The summed E-state index contributed by atoms with van der Waals surface area (Å²) in [5.41, 5.74) is 2.22. The van der Waals surface area contributed by atoms with Gasteiger partial charge in [0.1, 0.15) is 18.2 Å². The third kappa shape index (κ3) is 7.81. The molecule has 0 heterocycles. The largest absolute Gasteiger partial charge is 0.489 e. The molecule has 1 N–H and O–H groups in total. The van der Waals surface area contributed by atoms with Crippen molar-refractivity contribution in [2.24, 2.45) is 5.92 Å². The van der Waals surface area contributed by atoms with Gasteiger partial charge in [-0.3, -0.25) is 4.79 Å². The zero-order valence-corrected chi connectivity index (χ0v) is 16.0. The quantitative estimate of drug-likeness (QED) is 0.464. The molecule has 146 valence electrons. The molecule has 0 aliphatic carbocycles. The summed E-state index contributed by atoms with van der Waals surface area (Å²) in [5, 5.41) is 9.04. The van der Waals surface area contributed by atoms with Crippen LogP contribution in [-0.2, 0) is 17.8 Å². The fraction of sp³-hybridized carbons (Fsp3) is 0.435. The van der Waals surface area contributed by atoms with Gasteiger partial charge in [-0.1, -0.05) is 50.5 Å². The van der Waals surface area contributed by atoms with E-state index in [0.717, 1.165) is 49.8 Å². The minimum Gasteiger partial charge on any atom is -0.489 e. The van der Waals surface area contributed by atoms with Crippen LogP contribution in [0.2, 0.25) is 0 Å². The first-order valence-corrected chi connectivity index (χ1v) is 9.77. The molecule has 1 unspecified atom stereocenters. The van der Waals surface area contributed by atoms with Crippen molar-refractivity contribution in [3.05, 3.63) is 65.5 Å². The summed E-state index contributed by atoms with van der Waals surface area (Å²) < 4.78 is 18.6. The van der Waals surface area contributed by atoms with E-state index in [1.165, 1.54) is 17.7 Å². The normalized spacial score (nSPS) is 11.9. The van der Waals surface area contributed by atoms with E-state index in [-0.39, 0.29) is 11.7 Å². The molecule has 0 fully saturated rings. The van der Waals surface area contributed by atoms with Crippen molar-refractivity contribution in [1.82, 2.24) is 0 Å². The second kappa shape index (κ2) is 11.4. The van der Waals surface area contributed by atoms with Gasteiger partial charge >= 0.3 is 5.97 Å². The maximum Gasteiger partial charge on any atom is 0.306 e. The molecule has 2 rings (SSSR count). The molecule has 0 radical (unpaired) electrons. The zero-order chi connectivity index (χ0) is 19.5. The summed E-state index contributed by atoms with van der Waals surface area (Å²) >= 11 is 0. The Balaban J connectivity index is 1.62. The molecular formula is C23H29FO3. The Morgan fingerprint density at radius 2 is 1.59 bits per heavy atom. The highest BCUT2D eigenvalue weighted by atomic mass is 19.1. The number of halogens is 1. The maximum atomic E-state index is 12.9. The Morgan fingerprint density at radius 3 is 2.22 bits per heavy atom. The van der Waals surface area contributed by atoms with E-state index >= 15 is 0 Å².